The Balaban J connectivity index is 1.48. The monoisotopic (exact) mass is 433 g/mol. The van der Waals surface area contributed by atoms with Crippen LogP contribution < -0.4 is 5.32 Å². The standard InChI is InChI=1S/C30H27NO2/c32-28(33)21-30(20-19-22-9-7-8-14-27(22)30)25-15-17-26(18-16-25)31-29(23-10-3-1-4-11-23)24-12-5-2-6-13-24/h1-18,29,31H,19-21H2,(H,32,33). The Bertz CT molecular complexity index is 1200. The summed E-state index contributed by atoms with van der Waals surface area (Å²) >= 11 is 0. The number of nitrogens with one attached hydrogen (secondary N) is 1. The second kappa shape index (κ2) is 8.95. The molecule has 0 saturated heterocycles. The van der Waals surface area contributed by atoms with Gasteiger partial charge in [0.25, 0.3) is 0 Å². The van der Waals surface area contributed by atoms with Gasteiger partial charge < -0.3 is 10.4 Å². The van der Waals surface area contributed by atoms with E-state index in [2.05, 4.69) is 90.2 Å². The molecular weight excluding hydrogens is 406 g/mol. The molecule has 4 aromatic rings. The molecule has 1 atom stereocenters. The molecule has 5 rings (SSSR count). The van der Waals surface area contributed by atoms with Gasteiger partial charge in [-0.05, 0) is 52.8 Å². The molecule has 0 saturated carbocycles. The van der Waals surface area contributed by atoms with E-state index in [-0.39, 0.29) is 12.5 Å². The zero-order valence-electron chi connectivity index (χ0n) is 18.4. The number of carboxylic acids is 1. The van der Waals surface area contributed by atoms with Crippen LogP contribution in [0.15, 0.2) is 109 Å². The van der Waals surface area contributed by atoms with Gasteiger partial charge in [-0.2, -0.15) is 0 Å². The third-order valence-electron chi connectivity index (χ3n) is 6.82. The largest absolute Gasteiger partial charge is 0.481 e. The van der Waals surface area contributed by atoms with Crippen molar-refractivity contribution >= 4 is 11.7 Å². The number of anilines is 1. The van der Waals surface area contributed by atoms with Gasteiger partial charge in [-0.3, -0.25) is 4.79 Å². The molecule has 0 radical (unpaired) electrons. The van der Waals surface area contributed by atoms with Crippen LogP contribution in [0.25, 0.3) is 0 Å². The fourth-order valence-corrected chi connectivity index (χ4v) is 5.23. The zero-order valence-corrected chi connectivity index (χ0v) is 18.4. The van der Waals surface area contributed by atoms with Crippen molar-refractivity contribution in [1.82, 2.24) is 0 Å². The summed E-state index contributed by atoms with van der Waals surface area (Å²) in [6, 6.07) is 37.5. The number of aryl methyl sites for hydroxylation is 1. The maximum Gasteiger partial charge on any atom is 0.304 e. The molecule has 2 N–H and O–H groups in total. The number of carboxylic acid groups (broad SMARTS) is 1. The summed E-state index contributed by atoms with van der Waals surface area (Å²) in [5.41, 5.74) is 6.40. The van der Waals surface area contributed by atoms with Gasteiger partial charge in [0.2, 0.25) is 0 Å². The molecule has 0 amide bonds. The van der Waals surface area contributed by atoms with E-state index in [1.807, 2.05) is 24.3 Å². The molecule has 0 aromatic heterocycles. The summed E-state index contributed by atoms with van der Waals surface area (Å²) in [7, 11) is 0. The number of rotatable bonds is 7. The second-order valence-electron chi connectivity index (χ2n) is 8.79. The molecule has 0 spiro atoms. The Morgan fingerprint density at radius 2 is 1.36 bits per heavy atom. The minimum absolute atomic E-state index is 0.0263. The first kappa shape index (κ1) is 21.0. The molecule has 33 heavy (non-hydrogen) atoms. The van der Waals surface area contributed by atoms with Gasteiger partial charge in [-0.25, -0.2) is 0 Å². The average Bonchev–Trinajstić information content (AvgIpc) is 3.23. The molecule has 3 nitrogen and oxygen atoms in total. The maximum atomic E-state index is 11.9. The normalized spacial score (nSPS) is 17.0. The third kappa shape index (κ3) is 4.14. The average molecular weight is 434 g/mol. The van der Waals surface area contributed by atoms with Gasteiger partial charge >= 0.3 is 5.97 Å². The van der Waals surface area contributed by atoms with Crippen LogP contribution >= 0.6 is 0 Å². The van der Waals surface area contributed by atoms with Gasteiger partial charge in [0.05, 0.1) is 12.5 Å². The minimum atomic E-state index is -0.762. The lowest BCUT2D eigenvalue weighted by molar-refractivity contribution is -0.138. The second-order valence-corrected chi connectivity index (χ2v) is 8.79. The number of hydrogen-bond donors (Lipinski definition) is 2. The zero-order chi connectivity index (χ0) is 22.7. The molecule has 0 heterocycles. The summed E-state index contributed by atoms with van der Waals surface area (Å²) in [6.45, 7) is 0. The quantitative estimate of drug-likeness (QED) is 0.345. The highest BCUT2D eigenvalue weighted by atomic mass is 16.4. The fraction of sp³-hybridized carbons (Fsp3) is 0.167. The number of aliphatic carboxylic acids is 1. The Labute approximate surface area is 194 Å². The van der Waals surface area contributed by atoms with Crippen molar-refractivity contribution in [1.29, 1.82) is 0 Å². The van der Waals surface area contributed by atoms with Crippen molar-refractivity contribution < 1.29 is 9.90 Å². The van der Waals surface area contributed by atoms with Gasteiger partial charge in [0.1, 0.15) is 0 Å². The Kier molecular flexibility index (Phi) is 5.70. The maximum absolute atomic E-state index is 11.9. The van der Waals surface area contributed by atoms with Crippen LogP contribution in [-0.4, -0.2) is 11.1 Å². The molecule has 0 bridgehead atoms. The smallest absolute Gasteiger partial charge is 0.304 e. The van der Waals surface area contributed by atoms with Crippen molar-refractivity contribution in [3.8, 4) is 0 Å². The fourth-order valence-electron chi connectivity index (χ4n) is 5.23. The molecule has 0 fully saturated rings. The highest BCUT2D eigenvalue weighted by molar-refractivity contribution is 5.72. The first-order chi connectivity index (χ1) is 16.2. The van der Waals surface area contributed by atoms with Crippen molar-refractivity contribution in [2.24, 2.45) is 0 Å². The van der Waals surface area contributed by atoms with Crippen LogP contribution in [0.2, 0.25) is 0 Å². The van der Waals surface area contributed by atoms with E-state index in [1.54, 1.807) is 0 Å². The van der Waals surface area contributed by atoms with Crippen LogP contribution in [0.3, 0.4) is 0 Å². The van der Waals surface area contributed by atoms with Gasteiger partial charge in [-0.15, -0.1) is 0 Å². The van der Waals surface area contributed by atoms with Crippen LogP contribution in [0.1, 0.15) is 46.7 Å². The van der Waals surface area contributed by atoms with Crippen molar-refractivity contribution in [3.05, 3.63) is 137 Å². The lowest BCUT2D eigenvalue weighted by Crippen LogP contribution is -2.28. The summed E-state index contributed by atoms with van der Waals surface area (Å²) in [5.74, 6) is -0.762. The Morgan fingerprint density at radius 3 is 1.97 bits per heavy atom. The third-order valence-corrected chi connectivity index (χ3v) is 6.82. The Morgan fingerprint density at radius 1 is 0.788 bits per heavy atom. The number of fused-ring (bicyclic) bond motifs is 1. The molecule has 0 aliphatic heterocycles. The van der Waals surface area contributed by atoms with E-state index < -0.39 is 11.4 Å². The van der Waals surface area contributed by atoms with Crippen LogP contribution in [0.4, 0.5) is 5.69 Å². The summed E-state index contributed by atoms with van der Waals surface area (Å²) in [4.78, 5) is 11.9. The van der Waals surface area contributed by atoms with Crippen molar-refractivity contribution in [2.45, 2.75) is 30.7 Å². The topological polar surface area (TPSA) is 49.3 Å². The number of hydrogen-bond acceptors (Lipinski definition) is 2. The summed E-state index contributed by atoms with van der Waals surface area (Å²) < 4.78 is 0. The highest BCUT2D eigenvalue weighted by Gasteiger charge is 2.41. The SMILES string of the molecule is O=C(O)CC1(c2ccc(NC(c3ccccc3)c3ccccc3)cc2)CCc2ccccc21. The molecule has 1 aliphatic carbocycles. The van der Waals surface area contributed by atoms with E-state index in [0.717, 1.165) is 29.7 Å². The van der Waals surface area contributed by atoms with Gasteiger partial charge in [-0.1, -0.05) is 97.1 Å². The first-order valence-corrected chi connectivity index (χ1v) is 11.4. The van der Waals surface area contributed by atoms with E-state index in [1.165, 1.54) is 16.7 Å². The number of carbonyl (C=O) groups is 1. The molecule has 1 unspecified atom stereocenters. The lowest BCUT2D eigenvalue weighted by atomic mass is 9.73. The van der Waals surface area contributed by atoms with E-state index in [0.29, 0.717) is 0 Å². The molecule has 3 heteroatoms. The van der Waals surface area contributed by atoms with Gasteiger partial charge in [0.15, 0.2) is 0 Å². The van der Waals surface area contributed by atoms with Crippen LogP contribution in [0.5, 0.6) is 0 Å². The van der Waals surface area contributed by atoms with Gasteiger partial charge in [0, 0.05) is 11.1 Å². The van der Waals surface area contributed by atoms with Crippen LogP contribution in [0, 0.1) is 0 Å². The summed E-state index contributed by atoms with van der Waals surface area (Å²) in [6.07, 6.45) is 1.84. The molecule has 164 valence electrons. The van der Waals surface area contributed by atoms with Crippen molar-refractivity contribution in [2.75, 3.05) is 5.32 Å². The van der Waals surface area contributed by atoms with E-state index >= 15 is 0 Å². The number of benzene rings is 4. The molecule has 1 aliphatic rings. The van der Waals surface area contributed by atoms with E-state index in [4.69, 9.17) is 0 Å². The highest BCUT2D eigenvalue weighted by Crippen LogP contribution is 2.47. The molecule has 4 aromatic carbocycles. The first-order valence-electron chi connectivity index (χ1n) is 11.4. The van der Waals surface area contributed by atoms with E-state index in [9.17, 15) is 9.90 Å². The molecular formula is C30H27NO2. The lowest BCUT2D eigenvalue weighted by Gasteiger charge is -2.30. The summed E-state index contributed by atoms with van der Waals surface area (Å²) in [5, 5.41) is 13.4. The predicted molar refractivity (Wildman–Crippen MR) is 133 cm³/mol. The van der Waals surface area contributed by atoms with Crippen LogP contribution in [-0.2, 0) is 16.6 Å². The van der Waals surface area contributed by atoms with Crippen molar-refractivity contribution in [3.63, 3.8) is 0 Å². The predicted octanol–water partition coefficient (Wildman–Crippen LogP) is 6.60. The minimum Gasteiger partial charge on any atom is -0.481 e. The Hall–Kier alpha value is -3.85.